The first-order valence-corrected chi connectivity index (χ1v) is 12.4. The minimum atomic E-state index is -4.96. The molecule has 37 heavy (non-hydrogen) atoms. The number of ketones is 1. The number of hydrogen-bond donors (Lipinski definition) is 0. The Balaban J connectivity index is 1.69. The maximum absolute atomic E-state index is 14.4. The summed E-state index contributed by atoms with van der Waals surface area (Å²) >= 11 is 0. The van der Waals surface area contributed by atoms with Crippen molar-refractivity contribution in [1.82, 2.24) is 4.90 Å². The van der Waals surface area contributed by atoms with Crippen LogP contribution in [0.25, 0.3) is 0 Å². The van der Waals surface area contributed by atoms with E-state index in [0.29, 0.717) is 13.1 Å². The lowest BCUT2D eigenvalue weighted by Crippen LogP contribution is -2.50. The Kier molecular flexibility index (Phi) is 6.98. The molecule has 0 saturated carbocycles. The molecule has 0 bridgehead atoms. The maximum Gasteiger partial charge on any atom is 0.450 e. The van der Waals surface area contributed by atoms with Gasteiger partial charge in [0.15, 0.2) is 0 Å². The number of fused-ring (bicyclic) bond motifs is 1. The third kappa shape index (κ3) is 5.23. The van der Waals surface area contributed by atoms with Crippen molar-refractivity contribution in [2.24, 2.45) is 5.41 Å². The molecule has 0 amide bonds. The van der Waals surface area contributed by atoms with E-state index in [1.807, 2.05) is 115 Å². The summed E-state index contributed by atoms with van der Waals surface area (Å²) in [5.74, 6) is -1.66. The van der Waals surface area contributed by atoms with Crippen molar-refractivity contribution in [2.75, 3.05) is 0 Å². The number of Topliss-reactive ketones (excluding diaryl/α,β-unsaturated/α-hetero) is 1. The molecular formula is C32H28F3NO. The second kappa shape index (κ2) is 10.3. The zero-order valence-electron chi connectivity index (χ0n) is 20.4. The van der Waals surface area contributed by atoms with Gasteiger partial charge in [-0.25, -0.2) is 0 Å². The van der Waals surface area contributed by atoms with Crippen LogP contribution in [0.1, 0.15) is 33.9 Å². The molecule has 1 aliphatic rings. The number of carbonyl (C=O) groups excluding carboxylic acids is 1. The van der Waals surface area contributed by atoms with Gasteiger partial charge in [0.05, 0.1) is 5.41 Å². The second-order valence-electron chi connectivity index (χ2n) is 9.80. The van der Waals surface area contributed by atoms with Crippen LogP contribution in [0, 0.1) is 5.41 Å². The monoisotopic (exact) mass is 499 g/mol. The number of hydrogen-bond acceptors (Lipinski definition) is 2. The minimum Gasteiger partial charge on any atom is -0.289 e. The van der Waals surface area contributed by atoms with Crippen molar-refractivity contribution < 1.29 is 18.0 Å². The maximum atomic E-state index is 14.4. The van der Waals surface area contributed by atoms with E-state index in [-0.39, 0.29) is 12.8 Å². The Labute approximate surface area is 215 Å². The molecule has 0 saturated heterocycles. The zero-order valence-corrected chi connectivity index (χ0v) is 20.4. The number of halogens is 3. The largest absolute Gasteiger partial charge is 0.450 e. The first kappa shape index (κ1) is 25.0. The van der Waals surface area contributed by atoms with Gasteiger partial charge in [-0.3, -0.25) is 9.69 Å². The van der Waals surface area contributed by atoms with E-state index in [4.69, 9.17) is 0 Å². The van der Waals surface area contributed by atoms with Crippen LogP contribution in [0.2, 0.25) is 0 Å². The van der Waals surface area contributed by atoms with Gasteiger partial charge in [-0.15, -0.1) is 0 Å². The fraction of sp³-hybridized carbons (Fsp3) is 0.219. The van der Waals surface area contributed by atoms with Gasteiger partial charge in [-0.2, -0.15) is 13.2 Å². The lowest BCUT2D eigenvalue weighted by molar-refractivity contribution is -0.186. The summed E-state index contributed by atoms with van der Waals surface area (Å²) in [5.41, 5.74) is 2.59. The van der Waals surface area contributed by atoms with E-state index >= 15 is 0 Å². The fourth-order valence-electron chi connectivity index (χ4n) is 5.80. The van der Waals surface area contributed by atoms with E-state index in [9.17, 15) is 18.0 Å². The number of rotatable bonds is 8. The van der Waals surface area contributed by atoms with Crippen LogP contribution in [-0.4, -0.2) is 16.9 Å². The third-order valence-electron chi connectivity index (χ3n) is 7.27. The Morgan fingerprint density at radius 2 is 1.16 bits per heavy atom. The van der Waals surface area contributed by atoms with Crippen molar-refractivity contribution in [1.29, 1.82) is 0 Å². The standard InChI is InChI=1S/C32H28F3NO/c33-32(34,35)30(37)31(20-24-12-4-1-5-13-24)21-27-18-10-11-19-28(27)29(31)36(22-25-14-6-2-7-15-25)23-26-16-8-3-9-17-26/h1-19,29H,20-23H2/t29-,31+/m1/s1. The van der Waals surface area contributed by atoms with Crippen LogP contribution in [-0.2, 0) is 30.7 Å². The van der Waals surface area contributed by atoms with Gasteiger partial charge < -0.3 is 0 Å². The Morgan fingerprint density at radius 3 is 1.68 bits per heavy atom. The Morgan fingerprint density at radius 1 is 0.703 bits per heavy atom. The molecule has 0 heterocycles. The molecule has 0 unspecified atom stereocenters. The highest BCUT2D eigenvalue weighted by atomic mass is 19.4. The van der Waals surface area contributed by atoms with Crippen LogP contribution in [0.15, 0.2) is 115 Å². The van der Waals surface area contributed by atoms with E-state index in [2.05, 4.69) is 4.90 Å². The van der Waals surface area contributed by atoms with Gasteiger partial charge in [0.2, 0.25) is 5.78 Å². The van der Waals surface area contributed by atoms with Crippen molar-refractivity contribution in [3.8, 4) is 0 Å². The zero-order chi connectivity index (χ0) is 25.9. The van der Waals surface area contributed by atoms with Crippen molar-refractivity contribution in [3.05, 3.63) is 143 Å². The molecule has 1 aliphatic carbocycles. The summed E-state index contributed by atoms with van der Waals surface area (Å²) in [6.07, 6.45) is -4.91. The number of benzene rings is 4. The normalized spacial score (nSPS) is 19.1. The summed E-state index contributed by atoms with van der Waals surface area (Å²) in [7, 11) is 0. The lowest BCUT2D eigenvalue weighted by atomic mass is 9.71. The van der Waals surface area contributed by atoms with Gasteiger partial charge in [0, 0.05) is 19.1 Å². The van der Waals surface area contributed by atoms with Crippen molar-refractivity contribution in [3.63, 3.8) is 0 Å². The van der Waals surface area contributed by atoms with Crippen LogP contribution < -0.4 is 0 Å². The topological polar surface area (TPSA) is 20.3 Å². The first-order valence-electron chi connectivity index (χ1n) is 12.4. The summed E-state index contributed by atoms with van der Waals surface area (Å²) < 4.78 is 43.2. The fourth-order valence-corrected chi connectivity index (χ4v) is 5.80. The molecule has 0 N–H and O–H groups in total. The average molecular weight is 500 g/mol. The van der Waals surface area contributed by atoms with Gasteiger partial charge in [-0.05, 0) is 40.7 Å². The smallest absolute Gasteiger partial charge is 0.289 e. The molecule has 5 heteroatoms. The highest BCUT2D eigenvalue weighted by Crippen LogP contribution is 2.54. The van der Waals surface area contributed by atoms with Crippen LogP contribution >= 0.6 is 0 Å². The highest BCUT2D eigenvalue weighted by Gasteiger charge is 2.61. The van der Waals surface area contributed by atoms with Crippen LogP contribution in [0.4, 0.5) is 13.2 Å². The molecule has 0 aromatic heterocycles. The number of nitrogens with zero attached hydrogens (tertiary/aromatic N) is 1. The SMILES string of the molecule is O=C(C(F)(F)F)[C@@]1(Cc2ccccc2)Cc2ccccc2[C@H]1N(Cc1ccccc1)Cc1ccccc1. The third-order valence-corrected chi connectivity index (χ3v) is 7.27. The summed E-state index contributed by atoms with van der Waals surface area (Å²) in [4.78, 5) is 15.6. The van der Waals surface area contributed by atoms with E-state index in [0.717, 1.165) is 27.8 Å². The van der Waals surface area contributed by atoms with E-state index < -0.39 is 23.4 Å². The van der Waals surface area contributed by atoms with Crippen molar-refractivity contribution >= 4 is 5.78 Å². The Bertz CT molecular complexity index is 1300. The van der Waals surface area contributed by atoms with Gasteiger partial charge >= 0.3 is 6.18 Å². The highest BCUT2D eigenvalue weighted by molar-refractivity contribution is 5.92. The summed E-state index contributed by atoms with van der Waals surface area (Å²) in [6.45, 7) is 0.826. The Hall–Kier alpha value is -3.70. The summed E-state index contributed by atoms with van der Waals surface area (Å²) in [5, 5.41) is 0. The molecule has 4 aromatic carbocycles. The molecule has 2 nitrogen and oxygen atoms in total. The van der Waals surface area contributed by atoms with Crippen LogP contribution in [0.3, 0.4) is 0 Å². The average Bonchev–Trinajstić information content (AvgIpc) is 3.23. The van der Waals surface area contributed by atoms with E-state index in [1.54, 1.807) is 0 Å². The second-order valence-corrected chi connectivity index (χ2v) is 9.80. The molecule has 0 aliphatic heterocycles. The molecule has 4 aromatic rings. The molecule has 0 radical (unpaired) electrons. The molecule has 2 atom stereocenters. The first-order chi connectivity index (χ1) is 17.9. The van der Waals surface area contributed by atoms with Gasteiger partial charge in [0.1, 0.15) is 0 Å². The summed E-state index contributed by atoms with van der Waals surface area (Å²) in [6, 6.07) is 35.2. The predicted octanol–water partition coefficient (Wildman–Crippen LogP) is 7.35. The number of alkyl halides is 3. The molecule has 5 rings (SSSR count). The lowest BCUT2D eigenvalue weighted by Gasteiger charge is -2.42. The van der Waals surface area contributed by atoms with E-state index in [1.165, 1.54) is 0 Å². The molecule has 0 spiro atoms. The van der Waals surface area contributed by atoms with Gasteiger partial charge in [0.25, 0.3) is 0 Å². The predicted molar refractivity (Wildman–Crippen MR) is 139 cm³/mol. The van der Waals surface area contributed by atoms with Crippen LogP contribution in [0.5, 0.6) is 0 Å². The van der Waals surface area contributed by atoms with Gasteiger partial charge in [-0.1, -0.05) is 115 Å². The van der Waals surface area contributed by atoms with Crippen molar-refractivity contribution in [2.45, 2.75) is 38.1 Å². The molecular weight excluding hydrogens is 471 g/mol. The molecule has 0 fully saturated rings. The molecule has 188 valence electrons. The minimum absolute atomic E-state index is 0.00556. The number of carbonyl (C=O) groups is 1. The quantitative estimate of drug-likeness (QED) is 0.253.